The van der Waals surface area contributed by atoms with Crippen LogP contribution in [0.4, 0.5) is 19.0 Å². The zero-order valence-corrected chi connectivity index (χ0v) is 34.1. The molecule has 3 saturated heterocycles. The third kappa shape index (κ3) is 6.56. The number of likely N-dealkylation sites (N-methyl/N-ethyl adjacent to an activating group) is 1. The molecule has 2 aromatic heterocycles. The minimum atomic E-state index is -2.22. The van der Waals surface area contributed by atoms with Crippen molar-refractivity contribution < 1.29 is 17.9 Å². The summed E-state index contributed by atoms with van der Waals surface area (Å²) < 4.78 is 54.3. The average Bonchev–Trinajstić information content (AvgIpc) is 3.85. The van der Waals surface area contributed by atoms with Crippen molar-refractivity contribution >= 4 is 35.6 Å². The van der Waals surface area contributed by atoms with E-state index < -0.39 is 31.4 Å². The monoisotopic (exact) mass is 756 g/mol. The molecule has 0 spiro atoms. The average molecular weight is 757 g/mol. The van der Waals surface area contributed by atoms with Gasteiger partial charge >= 0.3 is 6.01 Å². The van der Waals surface area contributed by atoms with Crippen LogP contribution < -0.4 is 15.0 Å². The van der Waals surface area contributed by atoms with Crippen LogP contribution in [0.15, 0.2) is 36.5 Å². The van der Waals surface area contributed by atoms with Gasteiger partial charge in [-0.25, -0.2) is 13.2 Å². The van der Waals surface area contributed by atoms with Crippen LogP contribution in [0.2, 0.25) is 16.6 Å². The third-order valence-electron chi connectivity index (χ3n) is 13.0. The van der Waals surface area contributed by atoms with E-state index in [1.165, 1.54) is 6.07 Å². The normalized spacial score (nSPS) is 23.2. The number of aromatic nitrogens is 3. The standard InChI is InChI=1S/C43H55F3N6OSi/c1-9-35-36(16-19-47-35)51(8)41-33-23-48-39(38(46)40(33)49-42(50-41)53-25-43-18-11-20-52(43)24-30(44)22-43)32-13-10-12-29-14-15-34(45)31(37(29)32)17-21-54(26(2)3,27(4)5)28(6)7/h10,12-15,23,26-28,30,35-36,47H,9,11,16,18-20,22,24-25H2,1-8H3/t30-,35-,36-,43+/m1/s1. The first-order valence-corrected chi connectivity index (χ1v) is 22.1. The Kier molecular flexibility index (Phi) is 10.8. The molecule has 0 saturated carbocycles. The zero-order valence-electron chi connectivity index (χ0n) is 33.1. The van der Waals surface area contributed by atoms with Gasteiger partial charge in [0.2, 0.25) is 0 Å². The fourth-order valence-corrected chi connectivity index (χ4v) is 15.5. The van der Waals surface area contributed by atoms with E-state index >= 15 is 8.78 Å². The molecule has 0 aliphatic carbocycles. The van der Waals surface area contributed by atoms with E-state index in [-0.39, 0.29) is 41.5 Å². The highest BCUT2D eigenvalue weighted by atomic mass is 28.3. The molecule has 0 unspecified atom stereocenters. The molecule has 7 nitrogen and oxygen atoms in total. The molecule has 4 aromatic rings. The van der Waals surface area contributed by atoms with Crippen LogP contribution in [-0.4, -0.2) is 85.0 Å². The summed E-state index contributed by atoms with van der Waals surface area (Å²) in [4.78, 5) is 18.6. The molecule has 288 valence electrons. The van der Waals surface area contributed by atoms with Crippen LogP contribution in [-0.2, 0) is 0 Å². The second-order valence-electron chi connectivity index (χ2n) is 16.8. The van der Waals surface area contributed by atoms with Crippen molar-refractivity contribution in [1.82, 2.24) is 25.2 Å². The number of alkyl halides is 1. The van der Waals surface area contributed by atoms with E-state index in [1.54, 1.807) is 18.3 Å². The Morgan fingerprint density at radius 2 is 1.83 bits per heavy atom. The Morgan fingerprint density at radius 1 is 1.07 bits per heavy atom. The predicted octanol–water partition coefficient (Wildman–Crippen LogP) is 9.22. The summed E-state index contributed by atoms with van der Waals surface area (Å²) >= 11 is 0. The highest BCUT2D eigenvalue weighted by molar-refractivity contribution is 6.90. The molecule has 54 heavy (non-hydrogen) atoms. The minimum Gasteiger partial charge on any atom is -0.461 e. The summed E-state index contributed by atoms with van der Waals surface area (Å²) in [6.07, 6.45) is 4.78. The Morgan fingerprint density at radius 3 is 2.56 bits per heavy atom. The van der Waals surface area contributed by atoms with Gasteiger partial charge in [0.15, 0.2) is 5.82 Å². The van der Waals surface area contributed by atoms with Crippen LogP contribution in [0.1, 0.15) is 86.1 Å². The van der Waals surface area contributed by atoms with Crippen LogP contribution in [0, 0.1) is 23.1 Å². The van der Waals surface area contributed by atoms with Gasteiger partial charge in [0.25, 0.3) is 0 Å². The number of nitrogens with one attached hydrogen (secondary N) is 1. The smallest absolute Gasteiger partial charge is 0.319 e. The fourth-order valence-electron chi connectivity index (χ4n) is 10.3. The van der Waals surface area contributed by atoms with E-state index in [0.29, 0.717) is 51.7 Å². The fraction of sp³-hybridized carbons (Fsp3) is 0.558. The lowest BCUT2D eigenvalue weighted by Crippen LogP contribution is -2.44. The van der Waals surface area contributed by atoms with E-state index in [4.69, 9.17) is 19.7 Å². The number of anilines is 1. The van der Waals surface area contributed by atoms with Crippen LogP contribution in [0.3, 0.4) is 0 Å². The number of nitrogens with zero attached hydrogens (tertiary/aromatic N) is 5. The topological polar surface area (TPSA) is 66.4 Å². The molecule has 3 fully saturated rings. The number of ether oxygens (including phenoxy) is 1. The third-order valence-corrected chi connectivity index (χ3v) is 19.3. The quantitative estimate of drug-likeness (QED) is 0.128. The summed E-state index contributed by atoms with van der Waals surface area (Å²) in [6.45, 7) is 17.9. The Bertz CT molecular complexity index is 2080. The van der Waals surface area contributed by atoms with Gasteiger partial charge in [-0.3, -0.25) is 9.88 Å². The second-order valence-corrected chi connectivity index (χ2v) is 22.4. The van der Waals surface area contributed by atoms with Gasteiger partial charge in [0, 0.05) is 49.2 Å². The molecule has 7 rings (SSSR count). The number of benzene rings is 2. The molecule has 5 heterocycles. The minimum absolute atomic E-state index is 0.0517. The highest BCUT2D eigenvalue weighted by Crippen LogP contribution is 2.43. The molecule has 0 amide bonds. The molecular weight excluding hydrogens is 702 g/mol. The summed E-state index contributed by atoms with van der Waals surface area (Å²) in [5.74, 6) is 2.80. The summed E-state index contributed by atoms with van der Waals surface area (Å²) in [5.41, 5.74) is 5.20. The largest absolute Gasteiger partial charge is 0.461 e. The van der Waals surface area contributed by atoms with E-state index in [2.05, 4.69) is 75.0 Å². The van der Waals surface area contributed by atoms with Crippen LogP contribution in [0.25, 0.3) is 32.9 Å². The lowest BCUT2D eigenvalue weighted by Gasteiger charge is -2.38. The maximum atomic E-state index is 17.3. The molecule has 1 N–H and O–H groups in total. The number of rotatable bonds is 10. The maximum Gasteiger partial charge on any atom is 0.319 e. The van der Waals surface area contributed by atoms with Gasteiger partial charge in [-0.1, -0.05) is 78.7 Å². The van der Waals surface area contributed by atoms with Crippen molar-refractivity contribution in [1.29, 1.82) is 0 Å². The van der Waals surface area contributed by atoms with Gasteiger partial charge in [0.05, 0.1) is 16.5 Å². The summed E-state index contributed by atoms with van der Waals surface area (Å²) in [6, 6.07) is 9.10. The lowest BCUT2D eigenvalue weighted by atomic mass is 9.95. The van der Waals surface area contributed by atoms with Crippen molar-refractivity contribution in [2.75, 3.05) is 38.2 Å². The van der Waals surface area contributed by atoms with Crippen molar-refractivity contribution in [3.8, 4) is 28.7 Å². The number of pyridine rings is 1. The second kappa shape index (κ2) is 15.1. The first kappa shape index (κ1) is 38.5. The van der Waals surface area contributed by atoms with Gasteiger partial charge < -0.3 is 15.0 Å². The Balaban J connectivity index is 1.39. The van der Waals surface area contributed by atoms with Gasteiger partial charge in [-0.05, 0) is 66.8 Å². The molecule has 11 heteroatoms. The van der Waals surface area contributed by atoms with E-state index in [0.717, 1.165) is 44.2 Å². The number of halogens is 3. The molecule has 3 aliphatic heterocycles. The predicted molar refractivity (Wildman–Crippen MR) is 216 cm³/mol. The van der Waals surface area contributed by atoms with Crippen molar-refractivity contribution in [3.63, 3.8) is 0 Å². The first-order chi connectivity index (χ1) is 25.8. The van der Waals surface area contributed by atoms with Gasteiger partial charge in [0.1, 0.15) is 43.7 Å². The van der Waals surface area contributed by atoms with E-state index in [9.17, 15) is 4.39 Å². The lowest BCUT2D eigenvalue weighted by molar-refractivity contribution is 0.107. The molecule has 0 bridgehead atoms. The zero-order chi connectivity index (χ0) is 38.5. The SMILES string of the molecule is CC[C@H]1NCC[C@H]1N(C)c1nc(OC[C@@]23CCCN2C[C@H](F)C3)nc2c(F)c(-c3cccc4ccc(F)c(C#C[Si](C(C)C)(C(C)C)C(C)C)c34)ncc12. The van der Waals surface area contributed by atoms with Gasteiger partial charge in [-0.2, -0.15) is 9.97 Å². The molecule has 4 atom stereocenters. The van der Waals surface area contributed by atoms with Crippen molar-refractivity contribution in [2.24, 2.45) is 0 Å². The van der Waals surface area contributed by atoms with Crippen LogP contribution >= 0.6 is 0 Å². The Labute approximate surface area is 319 Å². The van der Waals surface area contributed by atoms with Crippen LogP contribution in [0.5, 0.6) is 6.01 Å². The molecule has 0 radical (unpaired) electrons. The first-order valence-electron chi connectivity index (χ1n) is 19.9. The number of hydrogen-bond donors (Lipinski definition) is 1. The molecule has 2 aromatic carbocycles. The number of fused-ring (bicyclic) bond motifs is 3. The maximum absolute atomic E-state index is 17.3. The van der Waals surface area contributed by atoms with E-state index in [1.807, 2.05) is 19.2 Å². The summed E-state index contributed by atoms with van der Waals surface area (Å²) in [5, 5.41) is 5.33. The Hall–Kier alpha value is -3.72. The highest BCUT2D eigenvalue weighted by Gasteiger charge is 2.49. The molecular formula is C43H55F3N6OSi. The van der Waals surface area contributed by atoms with Crippen molar-refractivity contribution in [2.45, 2.75) is 121 Å². The van der Waals surface area contributed by atoms with Crippen molar-refractivity contribution in [3.05, 3.63) is 53.7 Å². The summed E-state index contributed by atoms with van der Waals surface area (Å²) in [7, 11) is -0.240. The van der Waals surface area contributed by atoms with Gasteiger partial charge in [-0.15, -0.1) is 5.54 Å². The molecule has 3 aliphatic rings. The number of hydrogen-bond acceptors (Lipinski definition) is 7.